The number of carbonyl (C=O) groups is 2. The molecule has 2 fully saturated rings. The zero-order valence-corrected chi connectivity index (χ0v) is 14.5. The molecule has 1 saturated heterocycles. The Bertz CT molecular complexity index is 558. The van der Waals surface area contributed by atoms with Gasteiger partial charge in [-0.15, -0.1) is 11.3 Å². The number of nitrogens with one attached hydrogen (secondary N) is 1. The molecule has 1 aliphatic heterocycles. The van der Waals surface area contributed by atoms with E-state index in [0.29, 0.717) is 18.3 Å². The third-order valence-electron chi connectivity index (χ3n) is 5.19. The third-order valence-corrected chi connectivity index (χ3v) is 6.02. The van der Waals surface area contributed by atoms with E-state index in [1.54, 1.807) is 7.05 Å². The largest absolute Gasteiger partial charge is 0.359 e. The average Bonchev–Trinajstić information content (AvgIpc) is 3.25. The molecule has 1 aromatic rings. The molecule has 126 valence electrons. The molecule has 6 heteroatoms. The number of rotatable bonds is 4. The summed E-state index contributed by atoms with van der Waals surface area (Å²) in [4.78, 5) is 31.6. The van der Waals surface area contributed by atoms with Gasteiger partial charge in [0.2, 0.25) is 5.91 Å². The molecule has 1 N–H and O–H groups in total. The number of hydrogen-bond acceptors (Lipinski definition) is 4. The minimum absolute atomic E-state index is 0.0979. The predicted octanol–water partition coefficient (Wildman–Crippen LogP) is 2.79. The minimum atomic E-state index is 0.0979. The molecule has 0 atom stereocenters. The molecule has 0 unspecified atom stereocenters. The number of hydrogen-bond donors (Lipinski definition) is 1. The van der Waals surface area contributed by atoms with Gasteiger partial charge in [0.15, 0.2) is 0 Å². The van der Waals surface area contributed by atoms with Crippen molar-refractivity contribution >= 4 is 23.2 Å². The molecule has 1 aliphatic carbocycles. The highest BCUT2D eigenvalue weighted by molar-refractivity contribution is 7.11. The lowest BCUT2D eigenvalue weighted by molar-refractivity contribution is -0.121. The van der Waals surface area contributed by atoms with Gasteiger partial charge in [-0.1, -0.05) is 12.8 Å². The first kappa shape index (κ1) is 16.4. The number of nitrogens with zero attached hydrogens (tertiary/aromatic N) is 2. The first-order valence-electron chi connectivity index (χ1n) is 8.62. The van der Waals surface area contributed by atoms with Crippen molar-refractivity contribution in [2.24, 2.45) is 5.92 Å². The number of piperidine rings is 1. The SMILES string of the molecule is CNC(=O)CC1CCN(C(=O)c2scnc2C2CCCC2)CC1. The van der Waals surface area contributed by atoms with Crippen LogP contribution in [0.25, 0.3) is 0 Å². The Morgan fingerprint density at radius 3 is 2.61 bits per heavy atom. The topological polar surface area (TPSA) is 62.3 Å². The van der Waals surface area contributed by atoms with E-state index >= 15 is 0 Å². The zero-order valence-electron chi connectivity index (χ0n) is 13.7. The normalized spacial score (nSPS) is 20.0. The van der Waals surface area contributed by atoms with Crippen LogP contribution in [-0.4, -0.2) is 41.8 Å². The molecule has 23 heavy (non-hydrogen) atoms. The van der Waals surface area contributed by atoms with Gasteiger partial charge in [-0.2, -0.15) is 0 Å². The van der Waals surface area contributed by atoms with E-state index in [2.05, 4.69) is 10.3 Å². The maximum atomic E-state index is 12.8. The van der Waals surface area contributed by atoms with E-state index in [1.165, 1.54) is 24.2 Å². The van der Waals surface area contributed by atoms with E-state index in [0.717, 1.165) is 49.3 Å². The second-order valence-electron chi connectivity index (χ2n) is 6.66. The monoisotopic (exact) mass is 335 g/mol. The second kappa shape index (κ2) is 7.43. The molecule has 0 bridgehead atoms. The summed E-state index contributed by atoms with van der Waals surface area (Å²) < 4.78 is 0. The van der Waals surface area contributed by atoms with Crippen molar-refractivity contribution in [2.75, 3.05) is 20.1 Å². The van der Waals surface area contributed by atoms with Crippen LogP contribution in [0.5, 0.6) is 0 Å². The smallest absolute Gasteiger partial charge is 0.265 e. The van der Waals surface area contributed by atoms with Crippen molar-refractivity contribution in [1.29, 1.82) is 0 Å². The van der Waals surface area contributed by atoms with Crippen molar-refractivity contribution in [1.82, 2.24) is 15.2 Å². The van der Waals surface area contributed by atoms with Gasteiger partial charge in [-0.3, -0.25) is 9.59 Å². The molecule has 2 amide bonds. The second-order valence-corrected chi connectivity index (χ2v) is 7.52. The van der Waals surface area contributed by atoms with Crippen LogP contribution < -0.4 is 5.32 Å². The Morgan fingerprint density at radius 2 is 1.96 bits per heavy atom. The quantitative estimate of drug-likeness (QED) is 0.920. The molecule has 5 nitrogen and oxygen atoms in total. The molecule has 2 heterocycles. The molecular formula is C17H25N3O2S. The maximum absolute atomic E-state index is 12.8. The van der Waals surface area contributed by atoms with E-state index < -0.39 is 0 Å². The molecule has 0 spiro atoms. The van der Waals surface area contributed by atoms with Gasteiger partial charge in [-0.25, -0.2) is 4.98 Å². The van der Waals surface area contributed by atoms with Crippen LogP contribution in [0, 0.1) is 5.92 Å². The van der Waals surface area contributed by atoms with Gasteiger partial charge in [0.25, 0.3) is 5.91 Å². The first-order chi connectivity index (χ1) is 11.2. The predicted molar refractivity (Wildman–Crippen MR) is 90.6 cm³/mol. The fourth-order valence-corrected chi connectivity index (χ4v) is 4.59. The minimum Gasteiger partial charge on any atom is -0.359 e. The molecular weight excluding hydrogens is 310 g/mol. The van der Waals surface area contributed by atoms with Gasteiger partial charge in [-0.05, 0) is 31.6 Å². The lowest BCUT2D eigenvalue weighted by Crippen LogP contribution is -2.39. The summed E-state index contributed by atoms with van der Waals surface area (Å²) in [6, 6.07) is 0. The number of thiazole rings is 1. The highest BCUT2D eigenvalue weighted by atomic mass is 32.1. The molecule has 1 saturated carbocycles. The zero-order chi connectivity index (χ0) is 16.2. The Hall–Kier alpha value is -1.43. The average molecular weight is 335 g/mol. The highest BCUT2D eigenvalue weighted by Gasteiger charge is 2.30. The lowest BCUT2D eigenvalue weighted by Gasteiger charge is -2.31. The number of likely N-dealkylation sites (tertiary alicyclic amines) is 1. The number of carbonyl (C=O) groups excluding carboxylic acids is 2. The number of aromatic nitrogens is 1. The van der Waals surface area contributed by atoms with E-state index in [4.69, 9.17) is 0 Å². The van der Waals surface area contributed by atoms with Gasteiger partial charge in [0, 0.05) is 32.5 Å². The standard InChI is InChI=1S/C17H25N3O2S/c1-18-14(21)10-12-6-8-20(9-7-12)17(22)16-15(19-11-23-16)13-4-2-3-5-13/h11-13H,2-10H2,1H3,(H,18,21). The fraction of sp³-hybridized carbons (Fsp3) is 0.706. The van der Waals surface area contributed by atoms with Crippen LogP contribution in [0.3, 0.4) is 0 Å². The molecule has 0 aromatic carbocycles. The van der Waals surface area contributed by atoms with Crippen molar-refractivity contribution in [3.63, 3.8) is 0 Å². The van der Waals surface area contributed by atoms with E-state index in [1.807, 2.05) is 10.4 Å². The Morgan fingerprint density at radius 1 is 1.26 bits per heavy atom. The van der Waals surface area contributed by atoms with Crippen molar-refractivity contribution < 1.29 is 9.59 Å². The van der Waals surface area contributed by atoms with Crippen LogP contribution in [0.1, 0.15) is 66.2 Å². The van der Waals surface area contributed by atoms with Crippen molar-refractivity contribution in [3.8, 4) is 0 Å². The van der Waals surface area contributed by atoms with Crippen LogP contribution in [0.4, 0.5) is 0 Å². The number of amides is 2. The van der Waals surface area contributed by atoms with Crippen molar-refractivity contribution in [2.45, 2.75) is 50.9 Å². The van der Waals surface area contributed by atoms with E-state index in [-0.39, 0.29) is 11.8 Å². The Kier molecular flexibility index (Phi) is 5.30. The summed E-state index contributed by atoms with van der Waals surface area (Å²) >= 11 is 1.49. The summed E-state index contributed by atoms with van der Waals surface area (Å²) in [6.45, 7) is 1.50. The van der Waals surface area contributed by atoms with Gasteiger partial charge in [0.1, 0.15) is 4.88 Å². The van der Waals surface area contributed by atoms with E-state index in [9.17, 15) is 9.59 Å². The molecule has 2 aliphatic rings. The maximum Gasteiger partial charge on any atom is 0.265 e. The molecule has 0 radical (unpaired) electrons. The van der Waals surface area contributed by atoms with Gasteiger partial charge in [0.05, 0.1) is 11.2 Å². The fourth-order valence-electron chi connectivity index (χ4n) is 3.75. The summed E-state index contributed by atoms with van der Waals surface area (Å²) in [5.41, 5.74) is 2.85. The highest BCUT2D eigenvalue weighted by Crippen LogP contribution is 2.37. The Balaban J connectivity index is 1.60. The lowest BCUT2D eigenvalue weighted by atomic mass is 9.93. The third kappa shape index (κ3) is 3.74. The Labute approximate surface area is 141 Å². The summed E-state index contributed by atoms with van der Waals surface area (Å²) in [6.07, 6.45) is 7.23. The van der Waals surface area contributed by atoms with Crippen LogP contribution in [0.15, 0.2) is 5.51 Å². The van der Waals surface area contributed by atoms with Gasteiger partial charge < -0.3 is 10.2 Å². The van der Waals surface area contributed by atoms with Gasteiger partial charge >= 0.3 is 0 Å². The first-order valence-corrected chi connectivity index (χ1v) is 9.50. The summed E-state index contributed by atoms with van der Waals surface area (Å²) in [5.74, 6) is 1.12. The van der Waals surface area contributed by atoms with Crippen LogP contribution >= 0.6 is 11.3 Å². The molecule has 3 rings (SSSR count). The summed E-state index contributed by atoms with van der Waals surface area (Å²) in [7, 11) is 1.68. The van der Waals surface area contributed by atoms with Crippen LogP contribution in [-0.2, 0) is 4.79 Å². The van der Waals surface area contributed by atoms with Crippen molar-refractivity contribution in [3.05, 3.63) is 16.1 Å². The van der Waals surface area contributed by atoms with Crippen LogP contribution in [0.2, 0.25) is 0 Å². The molecule has 1 aromatic heterocycles. The summed E-state index contributed by atoms with van der Waals surface area (Å²) in [5, 5.41) is 2.68.